The number of carbonyl (C=O) groups is 6. The standard InChI is InChI=1S/C19H14O9/c1-9(20)26-17(23)12-4-5-15-13(6-12)7-14(18(24)27-10(2)21)8-16(15)19(25)28-11(3)22/h4-8H,1-3H3. The van der Waals surface area contributed by atoms with Gasteiger partial charge in [0.2, 0.25) is 0 Å². The highest BCUT2D eigenvalue weighted by atomic mass is 16.6. The monoisotopic (exact) mass is 386 g/mol. The quantitative estimate of drug-likeness (QED) is 0.441. The van der Waals surface area contributed by atoms with Crippen LogP contribution in [0.25, 0.3) is 10.8 Å². The lowest BCUT2D eigenvalue weighted by atomic mass is 9.98. The van der Waals surface area contributed by atoms with Crippen LogP contribution in [-0.2, 0) is 28.6 Å². The largest absolute Gasteiger partial charge is 0.390 e. The SMILES string of the molecule is CC(=O)OC(=O)c1ccc2c(C(=O)OC(C)=O)cc(C(=O)OC(C)=O)cc2c1. The van der Waals surface area contributed by atoms with E-state index in [4.69, 9.17) is 0 Å². The van der Waals surface area contributed by atoms with Crippen LogP contribution in [0.4, 0.5) is 0 Å². The molecule has 0 saturated heterocycles. The topological polar surface area (TPSA) is 130 Å². The van der Waals surface area contributed by atoms with Crippen molar-refractivity contribution in [1.29, 1.82) is 0 Å². The van der Waals surface area contributed by atoms with Crippen LogP contribution in [0.5, 0.6) is 0 Å². The number of ether oxygens (including phenoxy) is 3. The molecule has 0 aliphatic heterocycles. The Balaban J connectivity index is 2.64. The van der Waals surface area contributed by atoms with Gasteiger partial charge in [-0.1, -0.05) is 6.07 Å². The molecule has 0 aliphatic carbocycles. The maximum absolute atomic E-state index is 12.2. The van der Waals surface area contributed by atoms with Gasteiger partial charge in [-0.3, -0.25) is 14.4 Å². The van der Waals surface area contributed by atoms with E-state index in [2.05, 4.69) is 14.2 Å². The zero-order chi connectivity index (χ0) is 21.0. The molecule has 0 radical (unpaired) electrons. The molecule has 0 atom stereocenters. The van der Waals surface area contributed by atoms with Gasteiger partial charge in [0.15, 0.2) is 0 Å². The minimum absolute atomic E-state index is 0.0225. The molecule has 0 aromatic heterocycles. The second-order valence-corrected chi connectivity index (χ2v) is 5.60. The van der Waals surface area contributed by atoms with Crippen LogP contribution in [0.3, 0.4) is 0 Å². The predicted octanol–water partition coefficient (Wildman–Crippen LogP) is 1.95. The van der Waals surface area contributed by atoms with E-state index in [9.17, 15) is 28.8 Å². The predicted molar refractivity (Wildman–Crippen MR) is 92.2 cm³/mol. The summed E-state index contributed by atoms with van der Waals surface area (Å²) in [6.07, 6.45) is 0. The van der Waals surface area contributed by atoms with Gasteiger partial charge in [0.25, 0.3) is 0 Å². The summed E-state index contributed by atoms with van der Waals surface area (Å²) in [5.41, 5.74) is -0.365. The Bertz CT molecular complexity index is 1030. The summed E-state index contributed by atoms with van der Waals surface area (Å²) in [5, 5.41) is 0.469. The van der Waals surface area contributed by atoms with Crippen molar-refractivity contribution in [3.8, 4) is 0 Å². The average Bonchev–Trinajstić information content (AvgIpc) is 2.58. The fraction of sp³-hybridized carbons (Fsp3) is 0.158. The number of hydrogen-bond donors (Lipinski definition) is 0. The van der Waals surface area contributed by atoms with Gasteiger partial charge in [0.1, 0.15) is 0 Å². The highest BCUT2D eigenvalue weighted by molar-refractivity contribution is 6.12. The molecule has 2 rings (SSSR count). The smallest absolute Gasteiger partial charge is 0.346 e. The number of hydrogen-bond acceptors (Lipinski definition) is 9. The first-order valence-corrected chi connectivity index (χ1v) is 7.84. The summed E-state index contributed by atoms with van der Waals surface area (Å²) in [4.78, 5) is 69.3. The highest BCUT2D eigenvalue weighted by Crippen LogP contribution is 2.25. The zero-order valence-corrected chi connectivity index (χ0v) is 15.1. The van der Waals surface area contributed by atoms with Gasteiger partial charge in [-0.05, 0) is 35.0 Å². The third kappa shape index (κ3) is 4.85. The van der Waals surface area contributed by atoms with Crippen molar-refractivity contribution >= 4 is 46.6 Å². The second kappa shape index (κ2) is 8.21. The first-order valence-electron chi connectivity index (χ1n) is 7.84. The molecular formula is C19H14O9. The van der Waals surface area contributed by atoms with E-state index in [-0.39, 0.29) is 27.5 Å². The Morgan fingerprint density at radius 1 is 0.607 bits per heavy atom. The lowest BCUT2D eigenvalue weighted by Crippen LogP contribution is -2.14. The number of carbonyl (C=O) groups excluding carboxylic acids is 6. The Morgan fingerprint density at radius 2 is 1.07 bits per heavy atom. The van der Waals surface area contributed by atoms with Crippen LogP contribution < -0.4 is 0 Å². The zero-order valence-electron chi connectivity index (χ0n) is 15.1. The number of benzene rings is 2. The van der Waals surface area contributed by atoms with Crippen molar-refractivity contribution in [3.05, 3.63) is 47.0 Å². The van der Waals surface area contributed by atoms with Crippen molar-refractivity contribution in [3.63, 3.8) is 0 Å². The molecule has 9 heteroatoms. The van der Waals surface area contributed by atoms with E-state index in [1.54, 1.807) is 0 Å². The van der Waals surface area contributed by atoms with Crippen molar-refractivity contribution in [2.75, 3.05) is 0 Å². The van der Waals surface area contributed by atoms with Crippen LogP contribution in [0, 0.1) is 0 Å². The normalized spacial score (nSPS) is 10.1. The van der Waals surface area contributed by atoms with Crippen LogP contribution in [-0.4, -0.2) is 35.8 Å². The third-order valence-corrected chi connectivity index (χ3v) is 3.35. The molecule has 144 valence electrons. The Hall–Kier alpha value is -3.88. The lowest BCUT2D eigenvalue weighted by Gasteiger charge is -2.10. The van der Waals surface area contributed by atoms with Crippen molar-refractivity contribution < 1.29 is 43.0 Å². The van der Waals surface area contributed by atoms with Gasteiger partial charge in [-0.2, -0.15) is 0 Å². The van der Waals surface area contributed by atoms with Gasteiger partial charge >= 0.3 is 35.8 Å². The molecule has 0 amide bonds. The van der Waals surface area contributed by atoms with Crippen LogP contribution in [0.2, 0.25) is 0 Å². The number of fused-ring (bicyclic) bond motifs is 1. The highest BCUT2D eigenvalue weighted by Gasteiger charge is 2.20. The molecule has 0 saturated carbocycles. The summed E-state index contributed by atoms with van der Waals surface area (Å²) >= 11 is 0. The maximum atomic E-state index is 12.2. The fourth-order valence-electron chi connectivity index (χ4n) is 2.35. The first kappa shape index (κ1) is 20.4. The van der Waals surface area contributed by atoms with Crippen LogP contribution in [0.15, 0.2) is 30.3 Å². The van der Waals surface area contributed by atoms with Crippen molar-refractivity contribution in [1.82, 2.24) is 0 Å². The average molecular weight is 386 g/mol. The summed E-state index contributed by atoms with van der Waals surface area (Å²) in [5.74, 6) is -5.54. The molecule has 0 fully saturated rings. The summed E-state index contributed by atoms with van der Waals surface area (Å²) < 4.78 is 13.6. The van der Waals surface area contributed by atoms with E-state index in [1.165, 1.54) is 24.3 Å². The molecule has 0 aliphatic rings. The van der Waals surface area contributed by atoms with E-state index in [0.717, 1.165) is 26.8 Å². The minimum Gasteiger partial charge on any atom is -0.390 e. The second-order valence-electron chi connectivity index (χ2n) is 5.60. The molecule has 28 heavy (non-hydrogen) atoms. The van der Waals surface area contributed by atoms with Gasteiger partial charge in [0, 0.05) is 20.8 Å². The summed E-state index contributed by atoms with van der Waals surface area (Å²) in [6, 6.07) is 6.31. The summed E-state index contributed by atoms with van der Waals surface area (Å²) in [6.45, 7) is 3.12. The molecule has 2 aromatic carbocycles. The van der Waals surface area contributed by atoms with E-state index >= 15 is 0 Å². The Kier molecular flexibility index (Phi) is 5.99. The van der Waals surface area contributed by atoms with Crippen LogP contribution in [0.1, 0.15) is 51.8 Å². The molecule has 0 spiro atoms. The Labute approximate surface area is 158 Å². The fourth-order valence-corrected chi connectivity index (χ4v) is 2.35. The van der Waals surface area contributed by atoms with Crippen molar-refractivity contribution in [2.45, 2.75) is 20.8 Å². The molecular weight excluding hydrogens is 372 g/mol. The molecule has 0 unspecified atom stereocenters. The van der Waals surface area contributed by atoms with Gasteiger partial charge in [-0.25, -0.2) is 14.4 Å². The number of rotatable bonds is 3. The number of esters is 6. The molecule has 9 nitrogen and oxygen atoms in total. The molecule has 0 N–H and O–H groups in total. The third-order valence-electron chi connectivity index (χ3n) is 3.35. The Morgan fingerprint density at radius 3 is 1.61 bits per heavy atom. The first-order chi connectivity index (χ1) is 13.1. The van der Waals surface area contributed by atoms with Crippen LogP contribution >= 0.6 is 0 Å². The lowest BCUT2D eigenvalue weighted by molar-refractivity contribution is -0.136. The van der Waals surface area contributed by atoms with E-state index in [0.29, 0.717) is 0 Å². The van der Waals surface area contributed by atoms with E-state index < -0.39 is 35.8 Å². The van der Waals surface area contributed by atoms with Gasteiger partial charge in [-0.15, -0.1) is 0 Å². The molecule has 0 bridgehead atoms. The van der Waals surface area contributed by atoms with Crippen molar-refractivity contribution in [2.24, 2.45) is 0 Å². The molecule has 0 heterocycles. The summed E-state index contributed by atoms with van der Waals surface area (Å²) in [7, 11) is 0. The van der Waals surface area contributed by atoms with Gasteiger partial charge < -0.3 is 14.2 Å². The maximum Gasteiger partial charge on any atom is 0.346 e. The molecule has 2 aromatic rings. The van der Waals surface area contributed by atoms with Gasteiger partial charge in [0.05, 0.1) is 16.7 Å². The minimum atomic E-state index is -1.04. The van der Waals surface area contributed by atoms with E-state index in [1.807, 2.05) is 0 Å².